The fourth-order valence-corrected chi connectivity index (χ4v) is 2.16. The first kappa shape index (κ1) is 13.5. The van der Waals surface area contributed by atoms with Gasteiger partial charge in [0.1, 0.15) is 5.82 Å². The van der Waals surface area contributed by atoms with Crippen LogP contribution in [-0.4, -0.2) is 11.1 Å². The molecule has 0 radical (unpaired) electrons. The highest BCUT2D eigenvalue weighted by molar-refractivity contribution is 9.10. The summed E-state index contributed by atoms with van der Waals surface area (Å²) in [7, 11) is 0. The minimum absolute atomic E-state index is 0.385. The molecular weight excluding hydrogens is 313 g/mol. The molecule has 1 unspecified atom stereocenters. The Kier molecular flexibility index (Phi) is 4.16. The van der Waals surface area contributed by atoms with Gasteiger partial charge in [0, 0.05) is 10.2 Å². The van der Waals surface area contributed by atoms with Gasteiger partial charge in [0.2, 0.25) is 0 Å². The summed E-state index contributed by atoms with van der Waals surface area (Å²) in [5.74, 6) is -1.38. The Balaban J connectivity index is 2.29. The van der Waals surface area contributed by atoms with Crippen molar-refractivity contribution in [3.63, 3.8) is 0 Å². The number of hydrogen-bond donors (Lipinski definition) is 2. The highest BCUT2D eigenvalue weighted by Gasteiger charge is 2.20. The first-order valence-electron chi connectivity index (χ1n) is 5.57. The summed E-state index contributed by atoms with van der Waals surface area (Å²) in [6.45, 7) is 0. The predicted octanol–water partition coefficient (Wildman–Crippen LogP) is 3.83. The van der Waals surface area contributed by atoms with Gasteiger partial charge in [-0.25, -0.2) is 9.18 Å². The van der Waals surface area contributed by atoms with Crippen LogP contribution in [0.15, 0.2) is 53.0 Å². The van der Waals surface area contributed by atoms with E-state index in [1.54, 1.807) is 24.3 Å². The van der Waals surface area contributed by atoms with Crippen molar-refractivity contribution in [2.45, 2.75) is 6.04 Å². The van der Waals surface area contributed by atoms with Crippen molar-refractivity contribution in [3.05, 3.63) is 64.4 Å². The second-order valence-electron chi connectivity index (χ2n) is 3.95. The van der Waals surface area contributed by atoms with Gasteiger partial charge < -0.3 is 10.4 Å². The fourth-order valence-electron chi connectivity index (χ4n) is 1.70. The van der Waals surface area contributed by atoms with E-state index in [0.29, 0.717) is 15.7 Å². The summed E-state index contributed by atoms with van der Waals surface area (Å²) < 4.78 is 13.5. The predicted molar refractivity (Wildman–Crippen MR) is 74.5 cm³/mol. The highest BCUT2D eigenvalue weighted by Crippen LogP contribution is 2.27. The number of aliphatic carboxylic acids is 1. The maximum atomic E-state index is 13.0. The Morgan fingerprint density at radius 1 is 1.21 bits per heavy atom. The molecular formula is C14H11BrFNO2. The normalized spacial score (nSPS) is 11.9. The highest BCUT2D eigenvalue weighted by atomic mass is 79.9. The van der Waals surface area contributed by atoms with Crippen molar-refractivity contribution in [2.75, 3.05) is 5.32 Å². The Morgan fingerprint density at radius 3 is 2.47 bits per heavy atom. The number of hydrogen-bond acceptors (Lipinski definition) is 2. The van der Waals surface area contributed by atoms with Crippen molar-refractivity contribution in [3.8, 4) is 0 Å². The first-order chi connectivity index (χ1) is 9.08. The zero-order valence-corrected chi connectivity index (χ0v) is 11.4. The molecule has 0 aromatic heterocycles. The molecule has 1 atom stereocenters. The molecule has 2 aromatic carbocycles. The van der Waals surface area contributed by atoms with Crippen LogP contribution in [0.4, 0.5) is 10.1 Å². The maximum Gasteiger partial charge on any atom is 0.330 e. The van der Waals surface area contributed by atoms with Gasteiger partial charge in [0.15, 0.2) is 6.04 Å². The molecule has 98 valence electrons. The van der Waals surface area contributed by atoms with Gasteiger partial charge in [-0.1, -0.05) is 30.3 Å². The zero-order chi connectivity index (χ0) is 13.8. The van der Waals surface area contributed by atoms with Crippen molar-refractivity contribution >= 4 is 27.6 Å². The molecule has 0 amide bonds. The lowest BCUT2D eigenvalue weighted by Crippen LogP contribution is -2.20. The standard InChI is InChI=1S/C14H11BrFNO2/c15-11-8-10(16)6-7-12(11)17-13(14(18)19)9-4-2-1-3-5-9/h1-8,13,17H,(H,18,19). The lowest BCUT2D eigenvalue weighted by molar-refractivity contribution is -0.138. The van der Waals surface area contributed by atoms with E-state index in [9.17, 15) is 14.3 Å². The number of benzene rings is 2. The number of carboxylic acids is 1. The van der Waals surface area contributed by atoms with Crippen molar-refractivity contribution in [1.82, 2.24) is 0 Å². The molecule has 0 aliphatic heterocycles. The molecule has 3 nitrogen and oxygen atoms in total. The van der Waals surface area contributed by atoms with E-state index >= 15 is 0 Å². The molecule has 2 N–H and O–H groups in total. The number of carboxylic acid groups (broad SMARTS) is 1. The minimum atomic E-state index is -0.998. The molecule has 0 heterocycles. The Morgan fingerprint density at radius 2 is 1.89 bits per heavy atom. The van der Waals surface area contributed by atoms with Gasteiger partial charge in [-0.15, -0.1) is 0 Å². The van der Waals surface area contributed by atoms with E-state index in [-0.39, 0.29) is 5.82 Å². The van der Waals surface area contributed by atoms with Crippen molar-refractivity contribution in [2.24, 2.45) is 0 Å². The summed E-state index contributed by atoms with van der Waals surface area (Å²) >= 11 is 3.20. The van der Waals surface area contributed by atoms with Gasteiger partial charge >= 0.3 is 5.97 Å². The molecule has 0 bridgehead atoms. The second-order valence-corrected chi connectivity index (χ2v) is 4.80. The van der Waals surface area contributed by atoms with Crippen LogP contribution < -0.4 is 5.32 Å². The van der Waals surface area contributed by atoms with E-state index in [4.69, 9.17) is 0 Å². The Bertz CT molecular complexity index is 589. The Hall–Kier alpha value is -1.88. The van der Waals surface area contributed by atoms with Gasteiger partial charge in [-0.2, -0.15) is 0 Å². The van der Waals surface area contributed by atoms with E-state index in [1.807, 2.05) is 6.07 Å². The van der Waals surface area contributed by atoms with Crippen LogP contribution >= 0.6 is 15.9 Å². The van der Waals surface area contributed by atoms with Crippen molar-refractivity contribution < 1.29 is 14.3 Å². The molecule has 5 heteroatoms. The number of anilines is 1. The smallest absolute Gasteiger partial charge is 0.330 e. The molecule has 0 saturated heterocycles. The average Bonchev–Trinajstić information content (AvgIpc) is 2.38. The van der Waals surface area contributed by atoms with E-state index < -0.39 is 12.0 Å². The molecule has 0 saturated carbocycles. The molecule has 0 spiro atoms. The second kappa shape index (κ2) is 5.84. The SMILES string of the molecule is O=C(O)C(Nc1ccc(F)cc1Br)c1ccccc1. The summed E-state index contributed by atoms with van der Waals surface area (Å²) in [6.07, 6.45) is 0. The third kappa shape index (κ3) is 3.32. The summed E-state index contributed by atoms with van der Waals surface area (Å²) in [6, 6.07) is 12.0. The third-order valence-electron chi connectivity index (χ3n) is 2.61. The summed E-state index contributed by atoms with van der Waals surface area (Å²) in [5, 5.41) is 12.2. The van der Waals surface area contributed by atoms with Crippen LogP contribution in [0.25, 0.3) is 0 Å². The summed E-state index contributed by atoms with van der Waals surface area (Å²) in [5.41, 5.74) is 1.16. The number of halogens is 2. The minimum Gasteiger partial charge on any atom is -0.479 e. The zero-order valence-electron chi connectivity index (χ0n) is 9.81. The quantitative estimate of drug-likeness (QED) is 0.899. The molecule has 0 aliphatic rings. The van der Waals surface area contributed by atoms with Crippen LogP contribution in [0.5, 0.6) is 0 Å². The monoisotopic (exact) mass is 323 g/mol. The number of carbonyl (C=O) groups is 1. The van der Waals surface area contributed by atoms with Crippen LogP contribution in [0.2, 0.25) is 0 Å². The molecule has 0 aliphatic carbocycles. The first-order valence-corrected chi connectivity index (χ1v) is 6.36. The molecule has 0 fully saturated rings. The van der Waals surface area contributed by atoms with E-state index in [0.717, 1.165) is 0 Å². The average molecular weight is 324 g/mol. The van der Waals surface area contributed by atoms with Gasteiger partial charge in [0.25, 0.3) is 0 Å². The Labute approximate surface area is 118 Å². The molecule has 2 aromatic rings. The lowest BCUT2D eigenvalue weighted by Gasteiger charge is -2.17. The van der Waals surface area contributed by atoms with Gasteiger partial charge in [-0.05, 0) is 39.7 Å². The largest absolute Gasteiger partial charge is 0.479 e. The van der Waals surface area contributed by atoms with E-state index in [2.05, 4.69) is 21.2 Å². The van der Waals surface area contributed by atoms with Crippen LogP contribution in [-0.2, 0) is 4.79 Å². The fraction of sp³-hybridized carbons (Fsp3) is 0.0714. The molecule has 19 heavy (non-hydrogen) atoms. The topological polar surface area (TPSA) is 49.3 Å². The third-order valence-corrected chi connectivity index (χ3v) is 3.27. The van der Waals surface area contributed by atoms with E-state index in [1.165, 1.54) is 18.2 Å². The lowest BCUT2D eigenvalue weighted by atomic mass is 10.1. The van der Waals surface area contributed by atoms with Crippen LogP contribution in [0.3, 0.4) is 0 Å². The molecule has 2 rings (SSSR count). The number of nitrogens with one attached hydrogen (secondary N) is 1. The van der Waals surface area contributed by atoms with Crippen LogP contribution in [0, 0.1) is 5.82 Å². The maximum absolute atomic E-state index is 13.0. The summed E-state index contributed by atoms with van der Waals surface area (Å²) in [4.78, 5) is 11.3. The number of rotatable bonds is 4. The van der Waals surface area contributed by atoms with Gasteiger partial charge in [0.05, 0.1) is 0 Å². The van der Waals surface area contributed by atoms with Gasteiger partial charge in [-0.3, -0.25) is 0 Å². The van der Waals surface area contributed by atoms with Crippen molar-refractivity contribution in [1.29, 1.82) is 0 Å². The van der Waals surface area contributed by atoms with Crippen LogP contribution in [0.1, 0.15) is 11.6 Å².